The maximum atomic E-state index is 8.37. The summed E-state index contributed by atoms with van der Waals surface area (Å²) >= 11 is 0. The van der Waals surface area contributed by atoms with Crippen molar-refractivity contribution in [2.75, 3.05) is 0 Å². The molecule has 0 saturated heterocycles. The van der Waals surface area contributed by atoms with Gasteiger partial charge in [-0.25, -0.2) is 0 Å². The van der Waals surface area contributed by atoms with E-state index in [4.69, 9.17) is 5.53 Å². The minimum Gasteiger partial charge on any atom is -0.0608 e. The molecule has 0 aliphatic carbocycles. The van der Waals surface area contributed by atoms with Crippen LogP contribution in [-0.4, -0.2) is 0 Å². The largest absolute Gasteiger partial charge is 0.0608 e. The number of hydrogen-bond donors (Lipinski definition) is 0. The van der Waals surface area contributed by atoms with Crippen LogP contribution < -0.4 is 0 Å². The number of rotatable bonds is 2. The van der Waals surface area contributed by atoms with Gasteiger partial charge in [0.1, 0.15) is 0 Å². The predicted molar refractivity (Wildman–Crippen MR) is 79.4 cm³/mol. The van der Waals surface area contributed by atoms with E-state index in [1.165, 1.54) is 11.1 Å². The summed E-state index contributed by atoms with van der Waals surface area (Å²) in [4.78, 5) is 2.77. The van der Waals surface area contributed by atoms with Gasteiger partial charge in [0, 0.05) is 10.6 Å². The van der Waals surface area contributed by atoms with Gasteiger partial charge in [-0.2, -0.15) is 0 Å². The Kier molecular flexibility index (Phi) is 3.59. The van der Waals surface area contributed by atoms with E-state index >= 15 is 0 Å². The molecular formula is C16H17N3. The van der Waals surface area contributed by atoms with E-state index in [0.717, 1.165) is 5.56 Å². The fourth-order valence-electron chi connectivity index (χ4n) is 1.93. The first-order valence-corrected chi connectivity index (χ1v) is 6.27. The number of hydrogen-bond acceptors (Lipinski definition) is 1. The molecule has 2 aromatic rings. The Balaban J connectivity index is 2.29. The Hall–Kier alpha value is -2.25. The van der Waals surface area contributed by atoms with Gasteiger partial charge in [-0.1, -0.05) is 74.4 Å². The van der Waals surface area contributed by atoms with Gasteiger partial charge in [0.2, 0.25) is 0 Å². The molecule has 3 nitrogen and oxygen atoms in total. The number of azide groups is 1. The molecule has 0 aromatic heterocycles. The summed E-state index contributed by atoms with van der Waals surface area (Å²) in [6.07, 6.45) is 0. The van der Waals surface area contributed by atoms with Crippen LogP contribution in [0.4, 0.5) is 5.69 Å². The molecule has 0 atom stereocenters. The molecule has 3 heteroatoms. The molecular weight excluding hydrogens is 234 g/mol. The summed E-state index contributed by atoms with van der Waals surface area (Å²) in [5.41, 5.74) is 12.8. The molecule has 2 aromatic carbocycles. The maximum Gasteiger partial charge on any atom is 0.0375 e. The predicted octanol–water partition coefficient (Wildman–Crippen LogP) is 5.59. The van der Waals surface area contributed by atoms with Gasteiger partial charge < -0.3 is 0 Å². The van der Waals surface area contributed by atoms with E-state index in [2.05, 4.69) is 55.1 Å². The Morgan fingerprint density at radius 2 is 1.32 bits per heavy atom. The van der Waals surface area contributed by atoms with E-state index in [-0.39, 0.29) is 5.41 Å². The molecule has 0 radical (unpaired) electrons. The molecule has 0 amide bonds. The van der Waals surface area contributed by atoms with Crippen LogP contribution in [-0.2, 0) is 5.41 Å². The van der Waals surface area contributed by atoms with Crippen molar-refractivity contribution in [3.8, 4) is 11.1 Å². The molecule has 0 heterocycles. The van der Waals surface area contributed by atoms with Gasteiger partial charge in [-0.3, -0.25) is 0 Å². The summed E-state index contributed by atoms with van der Waals surface area (Å²) in [6.45, 7) is 6.62. The van der Waals surface area contributed by atoms with Crippen molar-refractivity contribution in [3.63, 3.8) is 0 Å². The van der Waals surface area contributed by atoms with Gasteiger partial charge >= 0.3 is 0 Å². The first-order valence-electron chi connectivity index (χ1n) is 6.27. The van der Waals surface area contributed by atoms with Gasteiger partial charge in [-0.15, -0.1) is 0 Å². The minimum absolute atomic E-state index is 0.171. The highest BCUT2D eigenvalue weighted by Gasteiger charge is 2.12. The lowest BCUT2D eigenvalue weighted by Crippen LogP contribution is -2.10. The van der Waals surface area contributed by atoms with Gasteiger partial charge in [0.25, 0.3) is 0 Å². The Bertz CT molecular complexity index is 598. The lowest BCUT2D eigenvalue weighted by molar-refractivity contribution is 0.590. The standard InChI is InChI=1S/C16H17N3/c1-16(2,3)14-8-4-12(5-9-14)13-6-10-15(11-7-13)18-19-17/h4-11H,1-3H3. The van der Waals surface area contributed by atoms with Gasteiger partial charge in [-0.05, 0) is 27.6 Å². The van der Waals surface area contributed by atoms with E-state index in [1.54, 1.807) is 0 Å². The van der Waals surface area contributed by atoms with E-state index in [0.29, 0.717) is 5.69 Å². The van der Waals surface area contributed by atoms with Crippen molar-refractivity contribution in [2.24, 2.45) is 5.11 Å². The molecule has 0 spiro atoms. The average molecular weight is 251 g/mol. The summed E-state index contributed by atoms with van der Waals surface area (Å²) in [5, 5.41) is 3.57. The molecule has 0 bridgehead atoms. The van der Waals surface area contributed by atoms with Crippen LogP contribution in [0.5, 0.6) is 0 Å². The molecule has 0 saturated carbocycles. The molecule has 0 aliphatic heterocycles. The Morgan fingerprint density at radius 1 is 0.842 bits per heavy atom. The third-order valence-corrected chi connectivity index (χ3v) is 3.11. The molecule has 0 N–H and O–H groups in total. The lowest BCUT2D eigenvalue weighted by Gasteiger charge is -2.19. The molecule has 0 aliphatic rings. The molecule has 0 fully saturated rings. The Labute approximate surface area is 113 Å². The fourth-order valence-corrected chi connectivity index (χ4v) is 1.93. The molecule has 0 unspecified atom stereocenters. The summed E-state index contributed by atoms with van der Waals surface area (Å²) in [6, 6.07) is 16.2. The first-order chi connectivity index (χ1) is 9.00. The molecule has 96 valence electrons. The van der Waals surface area contributed by atoms with Crippen LogP contribution in [0.25, 0.3) is 21.6 Å². The molecule has 19 heavy (non-hydrogen) atoms. The zero-order chi connectivity index (χ0) is 13.9. The normalized spacial score (nSPS) is 10.9. The van der Waals surface area contributed by atoms with Crippen LogP contribution in [0.15, 0.2) is 53.6 Å². The van der Waals surface area contributed by atoms with Crippen LogP contribution in [0.1, 0.15) is 26.3 Å². The topological polar surface area (TPSA) is 48.8 Å². The number of benzene rings is 2. The van der Waals surface area contributed by atoms with Gasteiger partial charge in [0.05, 0.1) is 0 Å². The number of nitrogens with zero attached hydrogens (tertiary/aromatic N) is 3. The van der Waals surface area contributed by atoms with Crippen LogP contribution in [0.2, 0.25) is 0 Å². The summed E-state index contributed by atoms with van der Waals surface area (Å²) in [5.74, 6) is 0. The fraction of sp³-hybridized carbons (Fsp3) is 0.250. The van der Waals surface area contributed by atoms with Crippen LogP contribution >= 0.6 is 0 Å². The second-order valence-corrected chi connectivity index (χ2v) is 5.56. The third-order valence-electron chi connectivity index (χ3n) is 3.11. The second kappa shape index (κ2) is 5.17. The highest BCUT2D eigenvalue weighted by atomic mass is 15.1. The maximum absolute atomic E-state index is 8.37. The average Bonchev–Trinajstić information content (AvgIpc) is 2.39. The SMILES string of the molecule is CC(C)(C)c1ccc(-c2ccc(N=[N+]=[N-])cc2)cc1. The van der Waals surface area contributed by atoms with Crippen molar-refractivity contribution >= 4 is 5.69 Å². The highest BCUT2D eigenvalue weighted by molar-refractivity contribution is 5.65. The summed E-state index contributed by atoms with van der Waals surface area (Å²) < 4.78 is 0. The van der Waals surface area contributed by atoms with E-state index in [1.807, 2.05) is 24.3 Å². The van der Waals surface area contributed by atoms with Crippen LogP contribution in [0.3, 0.4) is 0 Å². The van der Waals surface area contributed by atoms with Gasteiger partial charge in [0.15, 0.2) is 0 Å². The zero-order valence-corrected chi connectivity index (χ0v) is 11.5. The van der Waals surface area contributed by atoms with Crippen molar-refractivity contribution in [2.45, 2.75) is 26.2 Å². The van der Waals surface area contributed by atoms with Crippen molar-refractivity contribution < 1.29 is 0 Å². The minimum atomic E-state index is 0.171. The second-order valence-electron chi connectivity index (χ2n) is 5.56. The smallest absolute Gasteiger partial charge is 0.0375 e. The first kappa shape index (κ1) is 13.2. The van der Waals surface area contributed by atoms with E-state index < -0.39 is 0 Å². The van der Waals surface area contributed by atoms with Crippen LogP contribution in [0, 0.1) is 0 Å². The van der Waals surface area contributed by atoms with Crippen molar-refractivity contribution in [3.05, 3.63) is 64.5 Å². The zero-order valence-electron chi connectivity index (χ0n) is 11.5. The Morgan fingerprint density at radius 3 is 1.74 bits per heavy atom. The van der Waals surface area contributed by atoms with Crippen molar-refractivity contribution in [1.29, 1.82) is 0 Å². The van der Waals surface area contributed by atoms with Crippen molar-refractivity contribution in [1.82, 2.24) is 0 Å². The van der Waals surface area contributed by atoms with E-state index in [9.17, 15) is 0 Å². The highest BCUT2D eigenvalue weighted by Crippen LogP contribution is 2.27. The monoisotopic (exact) mass is 251 g/mol. The third kappa shape index (κ3) is 3.15. The lowest BCUT2D eigenvalue weighted by atomic mass is 9.86. The summed E-state index contributed by atoms with van der Waals surface area (Å²) in [7, 11) is 0. The molecule has 2 rings (SSSR count). The quantitative estimate of drug-likeness (QED) is 0.379.